The summed E-state index contributed by atoms with van der Waals surface area (Å²) in [7, 11) is 0. The second-order valence-corrected chi connectivity index (χ2v) is 10.3. The van der Waals surface area contributed by atoms with Crippen molar-refractivity contribution in [3.05, 3.63) is 72.0 Å². The number of H-pyrrole nitrogens is 2. The highest BCUT2D eigenvalue weighted by molar-refractivity contribution is 7.13. The zero-order valence-corrected chi connectivity index (χ0v) is 20.4. The Morgan fingerprint density at radius 2 is 2.00 bits per heavy atom. The van der Waals surface area contributed by atoms with E-state index in [4.69, 9.17) is 4.98 Å². The van der Waals surface area contributed by atoms with Crippen LogP contribution in [0, 0.1) is 0 Å². The second-order valence-electron chi connectivity index (χ2n) is 9.34. The second kappa shape index (κ2) is 8.53. The van der Waals surface area contributed by atoms with Crippen LogP contribution in [0.5, 0.6) is 0 Å². The van der Waals surface area contributed by atoms with Gasteiger partial charge in [-0.2, -0.15) is 5.10 Å². The van der Waals surface area contributed by atoms with Crippen LogP contribution in [0.25, 0.3) is 55.2 Å². The summed E-state index contributed by atoms with van der Waals surface area (Å²) in [4.78, 5) is 20.2. The number of thiophene rings is 1. The van der Waals surface area contributed by atoms with Crippen LogP contribution in [0.15, 0.2) is 66.4 Å². The minimum Gasteiger partial charge on any atom is -0.353 e. The van der Waals surface area contributed by atoms with Crippen LogP contribution in [-0.2, 0) is 6.54 Å². The van der Waals surface area contributed by atoms with Crippen molar-refractivity contribution in [1.82, 2.24) is 35.0 Å². The van der Waals surface area contributed by atoms with E-state index in [1.165, 1.54) is 0 Å². The van der Waals surface area contributed by atoms with Gasteiger partial charge in [0.2, 0.25) is 0 Å². The van der Waals surface area contributed by atoms with Crippen molar-refractivity contribution >= 4 is 33.3 Å². The minimum atomic E-state index is -2.61. The molecule has 0 aliphatic carbocycles. The molecule has 7 heterocycles. The van der Waals surface area contributed by atoms with Gasteiger partial charge in [0.25, 0.3) is 5.92 Å². The van der Waals surface area contributed by atoms with Gasteiger partial charge in [0.05, 0.1) is 34.0 Å². The van der Waals surface area contributed by atoms with Crippen LogP contribution in [0.2, 0.25) is 0 Å². The lowest BCUT2D eigenvalue weighted by molar-refractivity contribution is 0.0115. The molecule has 0 bridgehead atoms. The summed E-state index contributed by atoms with van der Waals surface area (Å²) >= 11 is 1.65. The highest BCUT2D eigenvalue weighted by Gasteiger charge is 2.37. The number of alkyl halides is 2. The third-order valence-corrected chi connectivity index (χ3v) is 7.59. The molecule has 1 saturated heterocycles. The summed E-state index contributed by atoms with van der Waals surface area (Å²) in [6.45, 7) is 0.605. The number of aromatic amines is 2. The predicted octanol–water partition coefficient (Wildman–Crippen LogP) is 6.13. The van der Waals surface area contributed by atoms with Gasteiger partial charge in [0, 0.05) is 54.6 Å². The fourth-order valence-electron chi connectivity index (χ4n) is 4.95. The third kappa shape index (κ3) is 4.08. The van der Waals surface area contributed by atoms with Gasteiger partial charge in [0.15, 0.2) is 0 Å². The van der Waals surface area contributed by atoms with Crippen LogP contribution < -0.4 is 0 Å². The molecule has 1 aliphatic heterocycles. The van der Waals surface area contributed by atoms with Gasteiger partial charge in [-0.3, -0.25) is 20.0 Å². The summed E-state index contributed by atoms with van der Waals surface area (Å²) < 4.78 is 27.2. The molecule has 6 aromatic heterocycles. The molecule has 0 atom stereocenters. The lowest BCUT2D eigenvalue weighted by Crippen LogP contribution is -2.24. The molecule has 184 valence electrons. The highest BCUT2D eigenvalue weighted by atomic mass is 32.1. The van der Waals surface area contributed by atoms with E-state index >= 15 is 0 Å². The van der Waals surface area contributed by atoms with Gasteiger partial charge < -0.3 is 4.98 Å². The Morgan fingerprint density at radius 1 is 1.05 bits per heavy atom. The fourth-order valence-corrected chi connectivity index (χ4v) is 5.69. The molecular formula is C27H21F2N7S. The normalized spacial score (nSPS) is 15.7. The molecule has 7 nitrogen and oxygen atoms in total. The molecule has 0 radical (unpaired) electrons. The van der Waals surface area contributed by atoms with Crippen LogP contribution in [0.1, 0.15) is 12.0 Å². The first-order valence-corrected chi connectivity index (χ1v) is 12.8. The van der Waals surface area contributed by atoms with Crippen molar-refractivity contribution < 1.29 is 8.78 Å². The van der Waals surface area contributed by atoms with Crippen molar-refractivity contribution in [3.63, 3.8) is 0 Å². The number of hydrogen-bond acceptors (Lipinski definition) is 6. The van der Waals surface area contributed by atoms with Crippen LogP contribution >= 0.6 is 11.3 Å². The van der Waals surface area contributed by atoms with Gasteiger partial charge >= 0.3 is 0 Å². The molecule has 2 N–H and O–H groups in total. The maximum Gasteiger partial charge on any atom is 0.261 e. The number of aromatic nitrogens is 6. The zero-order chi connectivity index (χ0) is 25.0. The first-order chi connectivity index (χ1) is 18.0. The monoisotopic (exact) mass is 513 g/mol. The molecular weight excluding hydrogens is 492 g/mol. The van der Waals surface area contributed by atoms with Gasteiger partial charge in [0.1, 0.15) is 11.2 Å². The highest BCUT2D eigenvalue weighted by Crippen LogP contribution is 2.34. The molecule has 0 amide bonds. The molecule has 0 unspecified atom stereocenters. The van der Waals surface area contributed by atoms with E-state index in [0.717, 1.165) is 55.0 Å². The minimum absolute atomic E-state index is 0.0970. The fraction of sp³-hybridized carbons (Fsp3) is 0.185. The van der Waals surface area contributed by atoms with Crippen LogP contribution in [0.3, 0.4) is 0 Å². The van der Waals surface area contributed by atoms with Crippen molar-refractivity contribution in [2.75, 3.05) is 13.1 Å². The number of likely N-dealkylation sites (tertiary alicyclic amines) is 1. The standard InChI is InChI=1S/C27H21F2N7S/c28-27(29)6-8-36(15-27)14-16-10-17(13-30-12-16)19-3-4-21-25(33-19)26(35-34-21)22-11-18-20(32-22)5-7-31-24(18)23-2-1-9-37-23/h1-5,7,9-13,32H,6,8,14-15H2,(H,34,35). The Labute approximate surface area is 214 Å². The van der Waals surface area contributed by atoms with Gasteiger partial charge in [-0.05, 0) is 47.3 Å². The topological polar surface area (TPSA) is 86.4 Å². The van der Waals surface area contributed by atoms with Gasteiger partial charge in [-0.1, -0.05) is 6.07 Å². The molecule has 0 aromatic carbocycles. The molecule has 7 rings (SSSR count). The van der Waals surface area contributed by atoms with E-state index in [1.54, 1.807) is 34.8 Å². The molecule has 0 spiro atoms. The lowest BCUT2D eigenvalue weighted by atomic mass is 10.1. The summed E-state index contributed by atoms with van der Waals surface area (Å²) in [5.41, 5.74) is 7.48. The van der Waals surface area contributed by atoms with E-state index in [0.29, 0.717) is 18.8 Å². The molecule has 1 aliphatic rings. The van der Waals surface area contributed by atoms with Crippen molar-refractivity contribution in [3.8, 4) is 33.2 Å². The number of nitrogens with one attached hydrogen (secondary N) is 2. The molecule has 1 fully saturated rings. The first-order valence-electron chi connectivity index (χ1n) is 11.9. The summed E-state index contributed by atoms with van der Waals surface area (Å²) in [5, 5.41) is 10.7. The molecule has 10 heteroatoms. The van der Waals surface area contributed by atoms with E-state index in [9.17, 15) is 8.78 Å². The number of rotatable bonds is 5. The quantitative estimate of drug-likeness (QED) is 0.290. The van der Waals surface area contributed by atoms with E-state index in [2.05, 4.69) is 37.3 Å². The first kappa shape index (κ1) is 22.2. The van der Waals surface area contributed by atoms with E-state index < -0.39 is 5.92 Å². The average Bonchev–Trinajstić information content (AvgIpc) is 3.69. The Morgan fingerprint density at radius 3 is 2.84 bits per heavy atom. The number of nitrogens with zero attached hydrogens (tertiary/aromatic N) is 5. The van der Waals surface area contributed by atoms with Gasteiger partial charge in [-0.25, -0.2) is 13.8 Å². The maximum atomic E-state index is 13.6. The Bertz CT molecular complexity index is 1740. The van der Waals surface area contributed by atoms with E-state index in [1.807, 2.05) is 35.7 Å². The lowest BCUT2D eigenvalue weighted by Gasteiger charge is -2.15. The van der Waals surface area contributed by atoms with Crippen LogP contribution in [0.4, 0.5) is 8.78 Å². The van der Waals surface area contributed by atoms with Crippen molar-refractivity contribution in [2.45, 2.75) is 18.9 Å². The van der Waals surface area contributed by atoms with Crippen molar-refractivity contribution in [1.29, 1.82) is 0 Å². The number of pyridine rings is 3. The summed E-state index contributed by atoms with van der Waals surface area (Å²) in [6.07, 6.45) is 5.18. The van der Waals surface area contributed by atoms with Gasteiger partial charge in [-0.15, -0.1) is 11.3 Å². The zero-order valence-electron chi connectivity index (χ0n) is 19.6. The largest absolute Gasteiger partial charge is 0.353 e. The smallest absolute Gasteiger partial charge is 0.261 e. The predicted molar refractivity (Wildman–Crippen MR) is 140 cm³/mol. The molecule has 0 saturated carbocycles. The summed E-state index contributed by atoms with van der Waals surface area (Å²) in [6, 6.07) is 13.9. The SMILES string of the molecule is FC1(F)CCN(Cc2cncc(-c3ccc4[nH]nc(-c5cc6c(-c7cccs7)nccc6[nH]5)c4n3)c2)C1. The third-order valence-electron chi connectivity index (χ3n) is 6.71. The summed E-state index contributed by atoms with van der Waals surface area (Å²) in [5.74, 6) is -2.61. The maximum absolute atomic E-state index is 13.6. The Balaban J connectivity index is 1.24. The Hall–Kier alpha value is -4.02. The number of fused-ring (bicyclic) bond motifs is 2. The molecule has 37 heavy (non-hydrogen) atoms. The molecule has 6 aromatic rings. The Kier molecular flexibility index (Phi) is 5.12. The average molecular weight is 514 g/mol. The number of hydrogen-bond donors (Lipinski definition) is 2. The van der Waals surface area contributed by atoms with E-state index in [-0.39, 0.29) is 13.0 Å². The number of halogens is 2. The van der Waals surface area contributed by atoms with Crippen LogP contribution in [-0.4, -0.2) is 54.0 Å². The van der Waals surface area contributed by atoms with Crippen molar-refractivity contribution in [2.24, 2.45) is 0 Å².